The summed E-state index contributed by atoms with van der Waals surface area (Å²) >= 11 is 21.6. The zero-order chi connectivity index (χ0) is 19.9. The van der Waals surface area contributed by atoms with Crippen LogP contribution in [0.1, 0.15) is 11.3 Å². The number of carbonyl (C=O) groups excluding carboxylic acids is 1. The van der Waals surface area contributed by atoms with E-state index < -0.39 is 4.33 Å². The lowest BCUT2D eigenvalue weighted by molar-refractivity contribution is -0.113. The van der Waals surface area contributed by atoms with Crippen LogP contribution in [0.2, 0.25) is 5.02 Å². The standard InChI is InChI=1S/C19H15Cl3N2O2S2/c1-26-16-5-4-12(7-14(16)20)24-17(25)15(8-13-3-2-6-27-13)23-18(24)28-10-11-9-19(11,21)22/h2-8,11H,9-10H2,1H3/b15-8+. The summed E-state index contributed by atoms with van der Waals surface area (Å²) in [6.07, 6.45) is 2.54. The van der Waals surface area contributed by atoms with Gasteiger partial charge in [0.15, 0.2) is 5.17 Å². The van der Waals surface area contributed by atoms with E-state index in [1.54, 1.807) is 47.6 Å². The third-order valence-electron chi connectivity index (χ3n) is 4.41. The second kappa shape index (κ2) is 7.92. The number of hydrogen-bond donors (Lipinski definition) is 0. The average Bonchev–Trinajstić information content (AvgIpc) is 3.01. The van der Waals surface area contributed by atoms with Gasteiger partial charge in [0.2, 0.25) is 0 Å². The van der Waals surface area contributed by atoms with Crippen molar-refractivity contribution in [2.75, 3.05) is 17.8 Å². The zero-order valence-electron chi connectivity index (χ0n) is 14.7. The number of alkyl halides is 2. The van der Waals surface area contributed by atoms with Gasteiger partial charge in [-0.2, -0.15) is 0 Å². The summed E-state index contributed by atoms with van der Waals surface area (Å²) < 4.78 is 4.54. The Balaban J connectivity index is 1.64. The van der Waals surface area contributed by atoms with Crippen molar-refractivity contribution in [3.8, 4) is 5.75 Å². The summed E-state index contributed by atoms with van der Waals surface area (Å²) in [4.78, 5) is 20.2. The van der Waals surface area contributed by atoms with Gasteiger partial charge in [0.05, 0.1) is 17.8 Å². The minimum absolute atomic E-state index is 0.185. The number of thioether (sulfide) groups is 1. The molecule has 146 valence electrons. The molecule has 1 amide bonds. The second-order valence-corrected chi connectivity index (χ2v) is 10.3. The summed E-state index contributed by atoms with van der Waals surface area (Å²) in [5, 5.41) is 2.97. The molecule has 1 saturated carbocycles. The summed E-state index contributed by atoms with van der Waals surface area (Å²) in [5.41, 5.74) is 1.02. The molecule has 0 radical (unpaired) electrons. The maximum Gasteiger partial charge on any atom is 0.283 e. The fourth-order valence-corrected chi connectivity index (χ4v) is 5.59. The zero-order valence-corrected chi connectivity index (χ0v) is 18.6. The summed E-state index contributed by atoms with van der Waals surface area (Å²) in [5.74, 6) is 1.22. The van der Waals surface area contributed by atoms with Crippen LogP contribution in [0.15, 0.2) is 46.4 Å². The molecule has 2 aliphatic rings. The molecule has 1 aliphatic heterocycles. The van der Waals surface area contributed by atoms with Gasteiger partial charge in [-0.05, 0) is 42.1 Å². The van der Waals surface area contributed by atoms with Crippen LogP contribution in [0.25, 0.3) is 6.08 Å². The van der Waals surface area contributed by atoms with Crippen LogP contribution in [0.3, 0.4) is 0 Å². The Morgan fingerprint density at radius 3 is 2.82 bits per heavy atom. The molecule has 9 heteroatoms. The SMILES string of the molecule is COc1ccc(N2C(=O)/C(=C\c3cccs3)N=C2SCC2CC2(Cl)Cl)cc1Cl. The topological polar surface area (TPSA) is 41.9 Å². The monoisotopic (exact) mass is 472 g/mol. The van der Waals surface area contributed by atoms with E-state index in [9.17, 15) is 4.79 Å². The highest BCUT2D eigenvalue weighted by atomic mass is 35.5. The number of rotatable bonds is 5. The van der Waals surface area contributed by atoms with E-state index in [1.165, 1.54) is 11.8 Å². The molecule has 0 N–H and O–H groups in total. The molecule has 0 bridgehead atoms. The number of methoxy groups -OCH3 is 1. The highest BCUT2D eigenvalue weighted by molar-refractivity contribution is 8.14. The number of amides is 1. The molecule has 2 heterocycles. The quantitative estimate of drug-likeness (QED) is 0.390. The normalized spacial score (nSPS) is 21.9. The van der Waals surface area contributed by atoms with Gasteiger partial charge in [-0.3, -0.25) is 9.69 Å². The third kappa shape index (κ3) is 4.07. The number of anilines is 1. The minimum Gasteiger partial charge on any atom is -0.495 e. The largest absolute Gasteiger partial charge is 0.495 e. The number of thiophene rings is 1. The predicted octanol–water partition coefficient (Wildman–Crippen LogP) is 6.08. The lowest BCUT2D eigenvalue weighted by Crippen LogP contribution is -2.30. The van der Waals surface area contributed by atoms with E-state index in [4.69, 9.17) is 39.5 Å². The van der Waals surface area contributed by atoms with Crippen molar-refractivity contribution in [2.45, 2.75) is 10.8 Å². The third-order valence-corrected chi connectivity index (χ3v) is 7.56. The van der Waals surface area contributed by atoms with Crippen molar-refractivity contribution in [1.82, 2.24) is 0 Å². The molecule has 1 aliphatic carbocycles. The molecule has 1 aromatic carbocycles. The maximum atomic E-state index is 13.1. The fraction of sp³-hybridized carbons (Fsp3) is 0.263. The molecule has 0 saturated heterocycles. The van der Waals surface area contributed by atoms with Crippen LogP contribution in [0.5, 0.6) is 5.75 Å². The van der Waals surface area contributed by atoms with Gasteiger partial charge >= 0.3 is 0 Å². The fourth-order valence-electron chi connectivity index (χ4n) is 2.75. The highest BCUT2D eigenvalue weighted by Gasteiger charge is 2.51. The van der Waals surface area contributed by atoms with E-state index in [0.29, 0.717) is 33.1 Å². The van der Waals surface area contributed by atoms with Gasteiger partial charge in [-0.15, -0.1) is 34.5 Å². The molecule has 4 rings (SSSR count). The number of benzene rings is 1. The van der Waals surface area contributed by atoms with Gasteiger partial charge in [0.1, 0.15) is 15.8 Å². The van der Waals surface area contributed by atoms with E-state index >= 15 is 0 Å². The van der Waals surface area contributed by atoms with Crippen molar-refractivity contribution < 1.29 is 9.53 Å². The smallest absolute Gasteiger partial charge is 0.283 e. The van der Waals surface area contributed by atoms with E-state index in [1.807, 2.05) is 17.5 Å². The molecule has 2 aromatic rings. The first-order valence-electron chi connectivity index (χ1n) is 8.41. The van der Waals surface area contributed by atoms with Gasteiger partial charge in [-0.1, -0.05) is 29.4 Å². The Morgan fingerprint density at radius 2 is 2.21 bits per heavy atom. The lowest BCUT2D eigenvalue weighted by Gasteiger charge is -2.18. The van der Waals surface area contributed by atoms with Crippen LogP contribution < -0.4 is 9.64 Å². The van der Waals surface area contributed by atoms with Crippen molar-refractivity contribution in [2.24, 2.45) is 10.9 Å². The maximum absolute atomic E-state index is 13.1. The number of amidine groups is 1. The molecule has 28 heavy (non-hydrogen) atoms. The number of halogens is 3. The number of hydrogen-bond acceptors (Lipinski definition) is 5. The molecule has 4 nitrogen and oxygen atoms in total. The Hall–Kier alpha value is -1.18. The number of carbonyl (C=O) groups is 1. The summed E-state index contributed by atoms with van der Waals surface area (Å²) in [7, 11) is 1.55. The molecule has 1 fully saturated rings. The number of nitrogens with zero attached hydrogens (tertiary/aromatic N) is 2. The summed E-state index contributed by atoms with van der Waals surface area (Å²) in [6, 6.07) is 9.10. The van der Waals surface area contributed by atoms with Gasteiger partial charge < -0.3 is 4.74 Å². The average molecular weight is 474 g/mol. The van der Waals surface area contributed by atoms with Crippen LogP contribution >= 0.6 is 57.9 Å². The number of aliphatic imine (C=N–C) groups is 1. The van der Waals surface area contributed by atoms with Gasteiger partial charge in [-0.25, -0.2) is 4.99 Å². The highest BCUT2D eigenvalue weighted by Crippen LogP contribution is 2.54. The van der Waals surface area contributed by atoms with Gasteiger partial charge in [0.25, 0.3) is 5.91 Å². The number of ether oxygens (including phenoxy) is 1. The summed E-state index contributed by atoms with van der Waals surface area (Å²) in [6.45, 7) is 0. The van der Waals surface area contributed by atoms with Crippen LogP contribution in [0, 0.1) is 5.92 Å². The van der Waals surface area contributed by atoms with Gasteiger partial charge in [0, 0.05) is 16.5 Å². The Morgan fingerprint density at radius 1 is 1.43 bits per heavy atom. The first kappa shape index (κ1) is 20.1. The molecule has 1 aromatic heterocycles. The molecule has 0 spiro atoms. The first-order chi connectivity index (χ1) is 13.4. The Bertz CT molecular complexity index is 974. The van der Waals surface area contributed by atoms with E-state index in [0.717, 1.165) is 11.3 Å². The van der Waals surface area contributed by atoms with E-state index in [2.05, 4.69) is 4.99 Å². The first-order valence-corrected chi connectivity index (χ1v) is 11.4. The van der Waals surface area contributed by atoms with E-state index in [-0.39, 0.29) is 11.8 Å². The van der Waals surface area contributed by atoms with Crippen molar-refractivity contribution in [1.29, 1.82) is 0 Å². The van der Waals surface area contributed by atoms with Crippen LogP contribution in [-0.2, 0) is 4.79 Å². The molecule has 1 unspecified atom stereocenters. The van der Waals surface area contributed by atoms with Crippen molar-refractivity contribution in [3.05, 3.63) is 51.3 Å². The van der Waals surface area contributed by atoms with Crippen LogP contribution in [0.4, 0.5) is 5.69 Å². The molecule has 1 atom stereocenters. The molecular formula is C19H15Cl3N2O2S2. The Kier molecular flexibility index (Phi) is 5.69. The van der Waals surface area contributed by atoms with Crippen LogP contribution in [-0.4, -0.2) is 28.3 Å². The Labute approximate surface area is 186 Å². The van der Waals surface area contributed by atoms with Crippen molar-refractivity contribution in [3.63, 3.8) is 0 Å². The molecular weight excluding hydrogens is 459 g/mol. The lowest BCUT2D eigenvalue weighted by atomic mass is 10.2. The van der Waals surface area contributed by atoms with Crippen molar-refractivity contribution >= 4 is 80.7 Å². The second-order valence-electron chi connectivity index (χ2n) is 6.37. The minimum atomic E-state index is -0.667. The predicted molar refractivity (Wildman–Crippen MR) is 120 cm³/mol.